The van der Waals surface area contributed by atoms with Crippen LogP contribution in [0.2, 0.25) is 0 Å². The van der Waals surface area contributed by atoms with Crippen molar-refractivity contribution in [3.8, 4) is 0 Å². The van der Waals surface area contributed by atoms with E-state index < -0.39 is 0 Å². The van der Waals surface area contributed by atoms with Crippen LogP contribution in [-0.4, -0.2) is 43.7 Å². The highest BCUT2D eigenvalue weighted by Gasteiger charge is 2.23. The molecule has 1 aromatic heterocycles. The van der Waals surface area contributed by atoms with Gasteiger partial charge in [0.1, 0.15) is 5.82 Å². The summed E-state index contributed by atoms with van der Waals surface area (Å²) in [6.45, 7) is 3.31. The Labute approximate surface area is 138 Å². The Balaban J connectivity index is 1.73. The molecule has 3 rings (SSSR count). The molecule has 1 aliphatic rings. The highest BCUT2D eigenvalue weighted by atomic mass is 32.1. The third-order valence-electron chi connectivity index (χ3n) is 3.92. The summed E-state index contributed by atoms with van der Waals surface area (Å²) < 4.78 is 19.0. The van der Waals surface area contributed by atoms with Gasteiger partial charge in [0.25, 0.3) is 5.91 Å². The molecule has 4 nitrogen and oxygen atoms in total. The number of hydrogen-bond donors (Lipinski definition) is 1. The zero-order chi connectivity index (χ0) is 16.1. The minimum atomic E-state index is -0.259. The van der Waals surface area contributed by atoms with E-state index in [1.807, 2.05) is 17.5 Å². The van der Waals surface area contributed by atoms with Crippen LogP contribution in [0.1, 0.15) is 21.3 Å². The van der Waals surface area contributed by atoms with Gasteiger partial charge in [0.05, 0.1) is 24.1 Å². The van der Waals surface area contributed by atoms with Crippen LogP contribution in [0.3, 0.4) is 0 Å². The van der Waals surface area contributed by atoms with Gasteiger partial charge in [0.2, 0.25) is 0 Å². The summed E-state index contributed by atoms with van der Waals surface area (Å²) in [5.74, 6) is -0.347. The zero-order valence-electron chi connectivity index (χ0n) is 12.7. The number of nitrogens with one attached hydrogen (secondary N) is 1. The van der Waals surface area contributed by atoms with Crippen molar-refractivity contribution in [1.82, 2.24) is 10.2 Å². The maximum atomic E-state index is 13.6. The summed E-state index contributed by atoms with van der Waals surface area (Å²) in [7, 11) is 0. The molecule has 6 heteroatoms. The first-order valence-electron chi connectivity index (χ1n) is 7.63. The van der Waals surface area contributed by atoms with Crippen molar-refractivity contribution in [2.75, 3.05) is 32.8 Å². The molecular formula is C17H19FN2O2S. The Kier molecular flexibility index (Phi) is 5.38. The molecule has 0 radical (unpaired) electrons. The van der Waals surface area contributed by atoms with Gasteiger partial charge < -0.3 is 10.1 Å². The lowest BCUT2D eigenvalue weighted by atomic mass is 10.0. The van der Waals surface area contributed by atoms with Crippen molar-refractivity contribution in [2.45, 2.75) is 6.04 Å². The second kappa shape index (κ2) is 7.68. The standard InChI is InChI=1S/C17H19FN2O2S/c18-14-4-1-3-13(11-14)15(20-6-8-22-9-7-20)12-19-17(21)16-5-2-10-23-16/h1-5,10-11,15H,6-9,12H2,(H,19,21)/t15-/m0/s1. The highest BCUT2D eigenvalue weighted by Crippen LogP contribution is 2.22. The second-order valence-electron chi connectivity index (χ2n) is 5.41. The van der Waals surface area contributed by atoms with E-state index in [0.29, 0.717) is 24.6 Å². The monoisotopic (exact) mass is 334 g/mol. The van der Waals surface area contributed by atoms with Crippen LogP contribution in [0.5, 0.6) is 0 Å². The van der Waals surface area contributed by atoms with Crippen LogP contribution in [0.25, 0.3) is 0 Å². The van der Waals surface area contributed by atoms with E-state index in [4.69, 9.17) is 4.74 Å². The van der Waals surface area contributed by atoms with Gasteiger partial charge in [-0.25, -0.2) is 4.39 Å². The minimum Gasteiger partial charge on any atom is -0.379 e. The van der Waals surface area contributed by atoms with Gasteiger partial charge in [0.15, 0.2) is 0 Å². The molecule has 2 heterocycles. The van der Waals surface area contributed by atoms with Gasteiger partial charge in [-0.3, -0.25) is 9.69 Å². The molecule has 1 atom stereocenters. The lowest BCUT2D eigenvalue weighted by Crippen LogP contribution is -2.43. The van der Waals surface area contributed by atoms with Crippen molar-refractivity contribution in [1.29, 1.82) is 0 Å². The maximum Gasteiger partial charge on any atom is 0.261 e. The first-order chi connectivity index (χ1) is 11.2. The fraction of sp³-hybridized carbons (Fsp3) is 0.353. The molecule has 1 aromatic carbocycles. The predicted octanol–water partition coefficient (Wildman–Crippen LogP) is 2.69. The van der Waals surface area contributed by atoms with Gasteiger partial charge in [-0.15, -0.1) is 11.3 Å². The lowest BCUT2D eigenvalue weighted by molar-refractivity contribution is 0.0162. The summed E-state index contributed by atoms with van der Waals surface area (Å²) in [4.78, 5) is 15.1. The number of nitrogens with zero attached hydrogens (tertiary/aromatic N) is 1. The number of ether oxygens (including phenoxy) is 1. The predicted molar refractivity (Wildman–Crippen MR) is 88.2 cm³/mol. The molecule has 0 spiro atoms. The number of hydrogen-bond acceptors (Lipinski definition) is 4. The Morgan fingerprint density at radius 2 is 2.13 bits per heavy atom. The van der Waals surface area contributed by atoms with Crippen molar-refractivity contribution in [2.24, 2.45) is 0 Å². The Morgan fingerprint density at radius 1 is 1.30 bits per heavy atom. The summed E-state index contributed by atoms with van der Waals surface area (Å²) in [5.41, 5.74) is 0.873. The normalized spacial score (nSPS) is 16.9. The minimum absolute atomic E-state index is 0.0569. The van der Waals surface area contributed by atoms with Crippen LogP contribution in [0.4, 0.5) is 4.39 Å². The molecule has 1 saturated heterocycles. The van der Waals surface area contributed by atoms with Crippen LogP contribution >= 0.6 is 11.3 Å². The molecule has 0 aliphatic carbocycles. The Morgan fingerprint density at radius 3 is 2.83 bits per heavy atom. The van der Waals surface area contributed by atoms with Crippen LogP contribution in [0, 0.1) is 5.82 Å². The van der Waals surface area contributed by atoms with E-state index >= 15 is 0 Å². The molecule has 0 saturated carbocycles. The maximum absolute atomic E-state index is 13.6. The van der Waals surface area contributed by atoms with E-state index in [2.05, 4.69) is 10.2 Å². The highest BCUT2D eigenvalue weighted by molar-refractivity contribution is 7.12. The van der Waals surface area contributed by atoms with Crippen LogP contribution in [-0.2, 0) is 4.74 Å². The van der Waals surface area contributed by atoms with Crippen LogP contribution < -0.4 is 5.32 Å². The summed E-state index contributed by atoms with van der Waals surface area (Å²) in [6.07, 6.45) is 0. The lowest BCUT2D eigenvalue weighted by Gasteiger charge is -2.34. The second-order valence-corrected chi connectivity index (χ2v) is 6.35. The van der Waals surface area contributed by atoms with Crippen molar-refractivity contribution in [3.63, 3.8) is 0 Å². The molecule has 0 bridgehead atoms. The summed E-state index contributed by atoms with van der Waals surface area (Å²) in [5, 5.41) is 4.84. The number of benzene rings is 1. The van der Waals surface area contributed by atoms with Gasteiger partial charge in [-0.2, -0.15) is 0 Å². The first kappa shape index (κ1) is 16.1. The topological polar surface area (TPSA) is 41.6 Å². The van der Waals surface area contributed by atoms with Gasteiger partial charge >= 0.3 is 0 Å². The Hall–Kier alpha value is -1.76. The van der Waals surface area contributed by atoms with Gasteiger partial charge in [-0.05, 0) is 29.1 Å². The molecule has 2 aromatic rings. The average molecular weight is 334 g/mol. The smallest absolute Gasteiger partial charge is 0.261 e. The molecule has 122 valence electrons. The number of carbonyl (C=O) groups excluding carboxylic acids is 1. The number of rotatable bonds is 5. The largest absolute Gasteiger partial charge is 0.379 e. The summed E-state index contributed by atoms with van der Waals surface area (Å²) in [6, 6.07) is 10.2. The fourth-order valence-corrected chi connectivity index (χ4v) is 3.39. The number of carbonyl (C=O) groups is 1. The molecule has 1 aliphatic heterocycles. The quantitative estimate of drug-likeness (QED) is 0.914. The van der Waals surface area contributed by atoms with Crippen molar-refractivity contribution < 1.29 is 13.9 Å². The van der Waals surface area contributed by atoms with E-state index in [1.54, 1.807) is 12.1 Å². The number of halogens is 1. The number of morpholine rings is 1. The third kappa shape index (κ3) is 4.16. The summed E-state index contributed by atoms with van der Waals surface area (Å²) >= 11 is 1.41. The van der Waals surface area contributed by atoms with Crippen molar-refractivity contribution >= 4 is 17.2 Å². The number of thiophene rings is 1. The van der Waals surface area contributed by atoms with Gasteiger partial charge in [-0.1, -0.05) is 18.2 Å². The van der Waals surface area contributed by atoms with E-state index in [1.165, 1.54) is 23.5 Å². The third-order valence-corrected chi connectivity index (χ3v) is 4.79. The first-order valence-corrected chi connectivity index (χ1v) is 8.51. The fourth-order valence-electron chi connectivity index (χ4n) is 2.75. The van der Waals surface area contributed by atoms with Crippen molar-refractivity contribution in [3.05, 3.63) is 58.0 Å². The molecular weight excluding hydrogens is 315 g/mol. The molecule has 1 fully saturated rings. The molecule has 23 heavy (non-hydrogen) atoms. The Bertz CT molecular complexity index is 642. The van der Waals surface area contributed by atoms with E-state index in [9.17, 15) is 9.18 Å². The van der Waals surface area contributed by atoms with Crippen LogP contribution in [0.15, 0.2) is 41.8 Å². The van der Waals surface area contributed by atoms with E-state index in [0.717, 1.165) is 18.7 Å². The molecule has 1 N–H and O–H groups in total. The zero-order valence-corrected chi connectivity index (χ0v) is 13.5. The SMILES string of the molecule is O=C(NC[C@@H](c1cccc(F)c1)N1CCOCC1)c1cccs1. The van der Waals surface area contributed by atoms with E-state index in [-0.39, 0.29) is 17.8 Å². The average Bonchev–Trinajstić information content (AvgIpc) is 3.10. The molecule has 0 unspecified atom stereocenters. The molecule has 1 amide bonds. The number of amides is 1. The van der Waals surface area contributed by atoms with Gasteiger partial charge in [0, 0.05) is 19.6 Å².